The highest BCUT2D eigenvalue weighted by Crippen LogP contribution is 2.17. The number of carbonyl (C=O) groups excluding carboxylic acids is 2. The number of hydrogen-bond donors (Lipinski definition) is 0. The van der Waals surface area contributed by atoms with E-state index in [0.29, 0.717) is 55.7 Å². The Kier molecular flexibility index (Phi) is 7.18. The predicted octanol–water partition coefficient (Wildman–Crippen LogP) is 2.80. The van der Waals surface area contributed by atoms with Crippen LogP contribution in [0.3, 0.4) is 0 Å². The number of ether oxygens (including phenoxy) is 1. The lowest BCUT2D eigenvalue weighted by molar-refractivity contribution is -0.143. The average molecular weight is 373 g/mol. The molecule has 0 saturated carbocycles. The molecular formula is C17H22Cl2N2O3. The van der Waals surface area contributed by atoms with Crippen molar-refractivity contribution in [3.8, 4) is 5.75 Å². The summed E-state index contributed by atoms with van der Waals surface area (Å²) in [5.74, 6) is 1.13. The normalized spacial score (nSPS) is 16.0. The van der Waals surface area contributed by atoms with Crippen molar-refractivity contribution in [1.82, 2.24) is 9.80 Å². The van der Waals surface area contributed by atoms with Gasteiger partial charge < -0.3 is 14.5 Å². The van der Waals surface area contributed by atoms with Gasteiger partial charge in [0.2, 0.25) is 5.91 Å². The molecule has 1 aliphatic heterocycles. The van der Waals surface area contributed by atoms with Gasteiger partial charge in [-0.25, -0.2) is 0 Å². The molecule has 5 nitrogen and oxygen atoms in total. The number of hydrogen-bond acceptors (Lipinski definition) is 3. The van der Waals surface area contributed by atoms with Gasteiger partial charge in [-0.15, -0.1) is 11.6 Å². The van der Waals surface area contributed by atoms with Crippen LogP contribution in [0, 0.1) is 0 Å². The fourth-order valence-corrected chi connectivity index (χ4v) is 2.84. The summed E-state index contributed by atoms with van der Waals surface area (Å²) in [5, 5.41) is 0.622. The predicted molar refractivity (Wildman–Crippen MR) is 94.7 cm³/mol. The van der Waals surface area contributed by atoms with Crippen LogP contribution in [0.4, 0.5) is 0 Å². The molecule has 1 aliphatic rings. The Morgan fingerprint density at radius 1 is 1.12 bits per heavy atom. The quantitative estimate of drug-likeness (QED) is 0.721. The van der Waals surface area contributed by atoms with Crippen LogP contribution in [0.2, 0.25) is 5.02 Å². The topological polar surface area (TPSA) is 49.9 Å². The minimum atomic E-state index is -0.579. The summed E-state index contributed by atoms with van der Waals surface area (Å²) in [6.07, 6.45) is 0.573. The van der Waals surface area contributed by atoms with Crippen molar-refractivity contribution in [2.45, 2.75) is 25.9 Å². The summed E-state index contributed by atoms with van der Waals surface area (Å²) in [7, 11) is 0. The third-order valence-corrected chi connectivity index (χ3v) is 4.46. The number of alkyl halides is 1. The fourth-order valence-electron chi connectivity index (χ4n) is 2.58. The van der Waals surface area contributed by atoms with Crippen LogP contribution in [0.25, 0.3) is 0 Å². The maximum atomic E-state index is 12.5. The van der Waals surface area contributed by atoms with Crippen LogP contribution < -0.4 is 4.74 Å². The lowest BCUT2D eigenvalue weighted by Crippen LogP contribution is -2.53. The second-order valence-electron chi connectivity index (χ2n) is 5.71. The summed E-state index contributed by atoms with van der Waals surface area (Å²) in [6, 6.07) is 6.91. The molecule has 1 heterocycles. The zero-order valence-electron chi connectivity index (χ0n) is 13.7. The van der Waals surface area contributed by atoms with Gasteiger partial charge in [0, 0.05) is 43.5 Å². The maximum absolute atomic E-state index is 12.5. The van der Waals surface area contributed by atoms with Crippen molar-refractivity contribution in [3.05, 3.63) is 29.3 Å². The maximum Gasteiger partial charge on any atom is 0.263 e. The standard InChI is InChI=1S/C17H22Cl2N2O3/c1-13(24-15-6-4-14(19)5-7-15)17(23)21-11-9-20(10-12-21)16(22)3-2-8-18/h4-7,13H,2-3,8-12H2,1H3. The van der Waals surface area contributed by atoms with Crippen molar-refractivity contribution in [1.29, 1.82) is 0 Å². The van der Waals surface area contributed by atoms with Gasteiger partial charge in [0.1, 0.15) is 5.75 Å². The largest absolute Gasteiger partial charge is 0.481 e. The molecule has 1 atom stereocenters. The van der Waals surface area contributed by atoms with E-state index >= 15 is 0 Å². The lowest BCUT2D eigenvalue weighted by Gasteiger charge is -2.36. The lowest BCUT2D eigenvalue weighted by atomic mass is 10.2. The molecule has 132 valence electrons. The van der Waals surface area contributed by atoms with Crippen molar-refractivity contribution in [2.75, 3.05) is 32.1 Å². The molecule has 2 rings (SSSR count). The van der Waals surface area contributed by atoms with Crippen LogP contribution in [-0.2, 0) is 9.59 Å². The Bertz CT molecular complexity index is 557. The molecule has 0 spiro atoms. The van der Waals surface area contributed by atoms with Crippen molar-refractivity contribution >= 4 is 35.0 Å². The molecule has 24 heavy (non-hydrogen) atoms. The van der Waals surface area contributed by atoms with E-state index in [0.717, 1.165) is 0 Å². The van der Waals surface area contributed by atoms with Crippen LogP contribution in [0.15, 0.2) is 24.3 Å². The molecular weight excluding hydrogens is 351 g/mol. The van der Waals surface area contributed by atoms with Crippen molar-refractivity contribution in [2.24, 2.45) is 0 Å². The summed E-state index contributed by atoms with van der Waals surface area (Å²) in [4.78, 5) is 28.0. The minimum Gasteiger partial charge on any atom is -0.481 e. The van der Waals surface area contributed by atoms with E-state index in [-0.39, 0.29) is 11.8 Å². The second kappa shape index (κ2) is 9.14. The molecule has 1 fully saturated rings. The summed E-state index contributed by atoms with van der Waals surface area (Å²) < 4.78 is 5.67. The zero-order chi connectivity index (χ0) is 17.5. The SMILES string of the molecule is CC(Oc1ccc(Cl)cc1)C(=O)N1CCN(C(=O)CCCCl)CC1. The third kappa shape index (κ3) is 5.28. The first kappa shape index (κ1) is 18.9. The molecule has 1 aromatic rings. The van der Waals surface area contributed by atoms with Crippen molar-refractivity contribution < 1.29 is 14.3 Å². The van der Waals surface area contributed by atoms with Gasteiger partial charge in [-0.2, -0.15) is 0 Å². The molecule has 1 saturated heterocycles. The number of piperazine rings is 1. The first-order chi connectivity index (χ1) is 11.5. The first-order valence-electron chi connectivity index (χ1n) is 8.06. The number of benzene rings is 1. The molecule has 0 aliphatic carbocycles. The Morgan fingerprint density at radius 3 is 2.29 bits per heavy atom. The number of nitrogens with zero attached hydrogens (tertiary/aromatic N) is 2. The Balaban J connectivity index is 1.81. The molecule has 2 amide bonds. The van der Waals surface area contributed by atoms with E-state index in [1.807, 2.05) is 0 Å². The van der Waals surface area contributed by atoms with E-state index in [1.165, 1.54) is 0 Å². The molecule has 1 unspecified atom stereocenters. The average Bonchev–Trinajstić information content (AvgIpc) is 2.61. The molecule has 1 aromatic carbocycles. The van der Waals surface area contributed by atoms with Crippen LogP contribution in [-0.4, -0.2) is 59.8 Å². The highest BCUT2D eigenvalue weighted by molar-refractivity contribution is 6.30. The highest BCUT2D eigenvalue weighted by Gasteiger charge is 2.27. The van der Waals surface area contributed by atoms with E-state index < -0.39 is 6.10 Å². The monoisotopic (exact) mass is 372 g/mol. The number of amides is 2. The molecule has 0 N–H and O–H groups in total. The van der Waals surface area contributed by atoms with Gasteiger partial charge in [0.25, 0.3) is 5.91 Å². The fraction of sp³-hybridized carbons (Fsp3) is 0.529. The molecule has 0 bridgehead atoms. The van der Waals surface area contributed by atoms with Gasteiger partial charge in [-0.05, 0) is 37.6 Å². The number of carbonyl (C=O) groups is 2. The molecule has 7 heteroatoms. The third-order valence-electron chi connectivity index (χ3n) is 3.94. The highest BCUT2D eigenvalue weighted by atomic mass is 35.5. The van der Waals surface area contributed by atoms with E-state index in [2.05, 4.69) is 0 Å². The Hall–Kier alpha value is -1.46. The van der Waals surface area contributed by atoms with Gasteiger partial charge in [-0.3, -0.25) is 9.59 Å². The smallest absolute Gasteiger partial charge is 0.263 e. The second-order valence-corrected chi connectivity index (χ2v) is 6.53. The number of halogens is 2. The van der Waals surface area contributed by atoms with Crippen LogP contribution >= 0.6 is 23.2 Å². The van der Waals surface area contributed by atoms with E-state index in [9.17, 15) is 9.59 Å². The van der Waals surface area contributed by atoms with Crippen LogP contribution in [0.5, 0.6) is 5.75 Å². The molecule has 0 aromatic heterocycles. The van der Waals surface area contributed by atoms with Gasteiger partial charge in [0.15, 0.2) is 6.10 Å². The van der Waals surface area contributed by atoms with E-state index in [1.54, 1.807) is 41.0 Å². The van der Waals surface area contributed by atoms with Gasteiger partial charge in [0.05, 0.1) is 0 Å². The molecule has 0 radical (unpaired) electrons. The summed E-state index contributed by atoms with van der Waals surface area (Å²) in [6.45, 7) is 3.90. The summed E-state index contributed by atoms with van der Waals surface area (Å²) in [5.41, 5.74) is 0. The first-order valence-corrected chi connectivity index (χ1v) is 8.97. The van der Waals surface area contributed by atoms with Gasteiger partial charge >= 0.3 is 0 Å². The minimum absolute atomic E-state index is 0.0715. The zero-order valence-corrected chi connectivity index (χ0v) is 15.2. The van der Waals surface area contributed by atoms with Crippen LogP contribution in [0.1, 0.15) is 19.8 Å². The van der Waals surface area contributed by atoms with Gasteiger partial charge in [-0.1, -0.05) is 11.6 Å². The Morgan fingerprint density at radius 2 is 1.71 bits per heavy atom. The van der Waals surface area contributed by atoms with E-state index in [4.69, 9.17) is 27.9 Å². The van der Waals surface area contributed by atoms with Crippen molar-refractivity contribution in [3.63, 3.8) is 0 Å². The summed E-state index contributed by atoms with van der Waals surface area (Å²) >= 11 is 11.4. The number of rotatable bonds is 6. The Labute approximate surface area is 152 Å².